The van der Waals surface area contributed by atoms with E-state index in [1.54, 1.807) is 67.1 Å². The first-order valence-electron chi connectivity index (χ1n) is 8.59. The molecule has 0 aliphatic heterocycles. The van der Waals surface area contributed by atoms with Gasteiger partial charge in [0.15, 0.2) is 0 Å². The maximum atomic E-state index is 13.2. The second-order valence-electron chi connectivity index (χ2n) is 5.89. The monoisotopic (exact) mass is 432 g/mol. The lowest BCUT2D eigenvalue weighted by Gasteiger charge is -2.25. The molecule has 1 aromatic heterocycles. The topological polar surface area (TPSA) is 84.9 Å². The van der Waals surface area contributed by atoms with Crippen LogP contribution in [-0.2, 0) is 14.8 Å². The molecule has 0 aliphatic rings. The van der Waals surface area contributed by atoms with Crippen LogP contribution in [-0.4, -0.2) is 35.1 Å². The van der Waals surface area contributed by atoms with Gasteiger partial charge in [0.2, 0.25) is 5.91 Å². The van der Waals surface area contributed by atoms with E-state index in [-0.39, 0.29) is 9.90 Å². The van der Waals surface area contributed by atoms with Crippen molar-refractivity contribution in [1.29, 1.82) is 0 Å². The minimum absolute atomic E-state index is 0.139. The number of carbonyl (C=O) groups is 1. The fourth-order valence-corrected chi connectivity index (χ4v) is 5.20. The molecule has 1 N–H and O–H groups in total. The Hall–Kier alpha value is -3.04. The summed E-state index contributed by atoms with van der Waals surface area (Å²) in [6.07, 6.45) is 0. The van der Waals surface area contributed by atoms with E-state index in [2.05, 4.69) is 5.32 Å². The summed E-state index contributed by atoms with van der Waals surface area (Å²) in [5.74, 6) is 0.519. The highest BCUT2D eigenvalue weighted by atomic mass is 32.2. The Balaban J connectivity index is 1.91. The summed E-state index contributed by atoms with van der Waals surface area (Å²) in [5, 5.41) is 4.38. The molecule has 152 valence electrons. The van der Waals surface area contributed by atoms with Gasteiger partial charge in [-0.3, -0.25) is 9.10 Å². The zero-order valence-corrected chi connectivity index (χ0v) is 17.5. The van der Waals surface area contributed by atoms with Crippen molar-refractivity contribution in [1.82, 2.24) is 0 Å². The lowest BCUT2D eigenvalue weighted by molar-refractivity contribution is -0.114. The summed E-state index contributed by atoms with van der Waals surface area (Å²) in [7, 11) is -0.950. The number of nitrogens with zero attached hydrogens (tertiary/aromatic N) is 1. The van der Waals surface area contributed by atoms with Crippen molar-refractivity contribution in [3.63, 3.8) is 0 Å². The SMILES string of the molecule is COc1ccc(NC(=O)CN(c2ccccc2OC)S(=O)(=O)c2cccs2)cc1. The largest absolute Gasteiger partial charge is 0.497 e. The average molecular weight is 433 g/mol. The molecule has 1 amide bonds. The lowest BCUT2D eigenvalue weighted by atomic mass is 10.3. The Labute approximate surface area is 173 Å². The zero-order chi connectivity index (χ0) is 20.9. The number of thiophene rings is 1. The molecule has 0 unspecified atom stereocenters. The lowest BCUT2D eigenvalue weighted by Crippen LogP contribution is -2.38. The third-order valence-corrected chi connectivity index (χ3v) is 7.19. The molecule has 29 heavy (non-hydrogen) atoms. The summed E-state index contributed by atoms with van der Waals surface area (Å²) in [4.78, 5) is 12.7. The normalized spacial score (nSPS) is 11.0. The number of hydrogen-bond acceptors (Lipinski definition) is 6. The standard InChI is InChI=1S/C20H20N2O5S2/c1-26-16-11-9-15(10-12-16)21-19(23)14-22(17-6-3-4-7-18(17)27-2)29(24,25)20-8-5-13-28-20/h3-13H,14H2,1-2H3,(H,21,23). The van der Waals surface area contributed by atoms with E-state index in [4.69, 9.17) is 9.47 Å². The maximum absolute atomic E-state index is 13.2. The van der Waals surface area contributed by atoms with Crippen LogP contribution in [0.2, 0.25) is 0 Å². The van der Waals surface area contributed by atoms with Crippen LogP contribution in [0.3, 0.4) is 0 Å². The molecule has 0 saturated carbocycles. The number of carbonyl (C=O) groups excluding carboxylic acids is 1. The van der Waals surface area contributed by atoms with Crippen LogP contribution < -0.4 is 19.1 Å². The third kappa shape index (κ3) is 4.69. The minimum atomic E-state index is -3.95. The fraction of sp³-hybridized carbons (Fsp3) is 0.150. The van der Waals surface area contributed by atoms with E-state index in [1.165, 1.54) is 13.2 Å². The van der Waals surface area contributed by atoms with Crippen molar-refractivity contribution < 1.29 is 22.7 Å². The molecule has 0 atom stereocenters. The summed E-state index contributed by atoms with van der Waals surface area (Å²) < 4.78 is 38.0. The van der Waals surface area contributed by atoms with Crippen molar-refractivity contribution in [2.75, 3.05) is 30.4 Å². The quantitative estimate of drug-likeness (QED) is 0.588. The van der Waals surface area contributed by atoms with Crippen LogP contribution in [0.1, 0.15) is 0 Å². The van der Waals surface area contributed by atoms with E-state index in [0.29, 0.717) is 17.2 Å². The molecule has 9 heteroatoms. The van der Waals surface area contributed by atoms with Gasteiger partial charge in [0, 0.05) is 5.69 Å². The Kier molecular flexibility index (Phi) is 6.40. The van der Waals surface area contributed by atoms with Crippen molar-refractivity contribution in [3.05, 3.63) is 66.0 Å². The number of benzene rings is 2. The second kappa shape index (κ2) is 8.97. The smallest absolute Gasteiger partial charge is 0.274 e. The van der Waals surface area contributed by atoms with Gasteiger partial charge in [0.05, 0.1) is 19.9 Å². The summed E-state index contributed by atoms with van der Waals surface area (Å²) in [5.41, 5.74) is 0.817. The number of sulfonamides is 1. The third-order valence-electron chi connectivity index (χ3n) is 4.05. The Bertz CT molecular complexity index is 1060. The number of amides is 1. The molecule has 3 aromatic rings. The Morgan fingerprint density at radius 1 is 1.00 bits per heavy atom. The molecule has 1 heterocycles. The van der Waals surface area contributed by atoms with Gasteiger partial charge in [-0.2, -0.15) is 0 Å². The van der Waals surface area contributed by atoms with Gasteiger partial charge in [0.1, 0.15) is 22.3 Å². The molecule has 3 rings (SSSR count). The van der Waals surface area contributed by atoms with Gasteiger partial charge in [-0.25, -0.2) is 8.42 Å². The second-order valence-corrected chi connectivity index (χ2v) is 8.93. The molecule has 0 fully saturated rings. The van der Waals surface area contributed by atoms with Gasteiger partial charge in [0.25, 0.3) is 10.0 Å². The number of hydrogen-bond donors (Lipinski definition) is 1. The van der Waals surface area contributed by atoms with Gasteiger partial charge < -0.3 is 14.8 Å². The molecule has 0 bridgehead atoms. The molecule has 0 aliphatic carbocycles. The van der Waals surface area contributed by atoms with Crippen LogP contribution in [0, 0.1) is 0 Å². The predicted octanol–water partition coefficient (Wildman–Crippen LogP) is 3.60. The molecule has 7 nitrogen and oxygen atoms in total. The molecule has 0 spiro atoms. The van der Waals surface area contributed by atoms with Crippen LogP contribution in [0.25, 0.3) is 0 Å². The molecular weight excluding hydrogens is 412 g/mol. The van der Waals surface area contributed by atoms with Crippen molar-refractivity contribution in [3.8, 4) is 11.5 Å². The fourth-order valence-electron chi connectivity index (χ4n) is 2.66. The average Bonchev–Trinajstić information content (AvgIpc) is 3.28. The van der Waals surface area contributed by atoms with E-state index in [0.717, 1.165) is 15.6 Å². The number of rotatable bonds is 8. The van der Waals surface area contributed by atoms with E-state index < -0.39 is 22.5 Å². The summed E-state index contributed by atoms with van der Waals surface area (Å²) in [6.45, 7) is -0.410. The molecule has 0 radical (unpaired) electrons. The highest BCUT2D eigenvalue weighted by Gasteiger charge is 2.30. The predicted molar refractivity (Wildman–Crippen MR) is 113 cm³/mol. The van der Waals surface area contributed by atoms with Gasteiger partial charge in [-0.05, 0) is 47.8 Å². The number of ether oxygens (including phenoxy) is 2. The highest BCUT2D eigenvalue weighted by molar-refractivity contribution is 7.94. The Morgan fingerprint density at radius 3 is 2.34 bits per heavy atom. The number of methoxy groups -OCH3 is 2. The first-order valence-corrected chi connectivity index (χ1v) is 10.9. The van der Waals surface area contributed by atoms with Gasteiger partial charge in [-0.1, -0.05) is 18.2 Å². The van der Waals surface area contributed by atoms with Crippen LogP contribution >= 0.6 is 11.3 Å². The molecule has 2 aromatic carbocycles. The number of nitrogens with one attached hydrogen (secondary N) is 1. The number of para-hydroxylation sites is 2. The minimum Gasteiger partial charge on any atom is -0.497 e. The van der Waals surface area contributed by atoms with E-state index in [9.17, 15) is 13.2 Å². The molecular formula is C20H20N2O5S2. The van der Waals surface area contributed by atoms with Crippen LogP contribution in [0.5, 0.6) is 11.5 Å². The Morgan fingerprint density at radius 2 is 1.72 bits per heavy atom. The summed E-state index contributed by atoms with van der Waals surface area (Å²) in [6, 6.07) is 16.6. The van der Waals surface area contributed by atoms with E-state index in [1.807, 2.05) is 0 Å². The van der Waals surface area contributed by atoms with Crippen molar-refractivity contribution in [2.45, 2.75) is 4.21 Å². The van der Waals surface area contributed by atoms with E-state index >= 15 is 0 Å². The van der Waals surface area contributed by atoms with Crippen LogP contribution in [0.15, 0.2) is 70.3 Å². The highest BCUT2D eigenvalue weighted by Crippen LogP contribution is 2.33. The van der Waals surface area contributed by atoms with Crippen LogP contribution in [0.4, 0.5) is 11.4 Å². The van der Waals surface area contributed by atoms with Crippen molar-refractivity contribution in [2.24, 2.45) is 0 Å². The van der Waals surface area contributed by atoms with Crippen molar-refractivity contribution >= 4 is 38.6 Å². The zero-order valence-electron chi connectivity index (χ0n) is 15.9. The van der Waals surface area contributed by atoms with Gasteiger partial charge >= 0.3 is 0 Å². The first-order chi connectivity index (χ1) is 14.0. The number of anilines is 2. The maximum Gasteiger partial charge on any atom is 0.274 e. The summed E-state index contributed by atoms with van der Waals surface area (Å²) >= 11 is 1.09. The molecule has 0 saturated heterocycles. The van der Waals surface area contributed by atoms with Gasteiger partial charge in [-0.15, -0.1) is 11.3 Å². The first kappa shape index (κ1) is 20.7.